The number of nitrogens with two attached hydrogens (primary N) is 1. The number of amides is 1. The van der Waals surface area contributed by atoms with Crippen molar-refractivity contribution in [3.05, 3.63) is 55.9 Å². The zero-order valence-electron chi connectivity index (χ0n) is 9.58. The SMILES string of the molecule is Nc1ccc(NC(=O)c2ccc(Cl)cc2Br)c(Br)c1. The highest BCUT2D eigenvalue weighted by molar-refractivity contribution is 9.11. The zero-order valence-corrected chi connectivity index (χ0v) is 13.5. The molecule has 1 amide bonds. The van der Waals surface area contributed by atoms with Gasteiger partial charge >= 0.3 is 0 Å². The standard InChI is InChI=1S/C13H9Br2ClN2O/c14-10-5-7(16)1-3-9(10)13(19)18-12-4-2-8(17)6-11(12)15/h1-6H,17H2,(H,18,19). The first-order chi connectivity index (χ1) is 8.97. The fourth-order valence-corrected chi connectivity index (χ4v) is 2.85. The van der Waals surface area contributed by atoms with Crippen molar-refractivity contribution in [3.8, 4) is 0 Å². The van der Waals surface area contributed by atoms with E-state index < -0.39 is 0 Å². The molecule has 3 nitrogen and oxygen atoms in total. The Morgan fingerprint density at radius 3 is 2.47 bits per heavy atom. The van der Waals surface area contributed by atoms with Gasteiger partial charge in [0.2, 0.25) is 0 Å². The van der Waals surface area contributed by atoms with E-state index in [4.69, 9.17) is 17.3 Å². The fourth-order valence-electron chi connectivity index (χ4n) is 1.50. The number of hydrogen-bond donors (Lipinski definition) is 2. The van der Waals surface area contributed by atoms with Gasteiger partial charge in [0.1, 0.15) is 0 Å². The van der Waals surface area contributed by atoms with E-state index in [1.165, 1.54) is 0 Å². The predicted molar refractivity (Wildman–Crippen MR) is 85.7 cm³/mol. The van der Waals surface area contributed by atoms with Crippen molar-refractivity contribution >= 4 is 60.7 Å². The summed E-state index contributed by atoms with van der Waals surface area (Å²) < 4.78 is 1.37. The minimum absolute atomic E-state index is 0.228. The van der Waals surface area contributed by atoms with Crippen molar-refractivity contribution in [3.63, 3.8) is 0 Å². The van der Waals surface area contributed by atoms with Gasteiger partial charge in [0.15, 0.2) is 0 Å². The van der Waals surface area contributed by atoms with E-state index in [1.807, 2.05) is 0 Å². The van der Waals surface area contributed by atoms with Gasteiger partial charge in [-0.15, -0.1) is 0 Å². The summed E-state index contributed by atoms with van der Waals surface area (Å²) in [6.45, 7) is 0. The molecule has 0 bridgehead atoms. The largest absolute Gasteiger partial charge is 0.399 e. The van der Waals surface area contributed by atoms with Crippen molar-refractivity contribution in [1.82, 2.24) is 0 Å². The number of hydrogen-bond acceptors (Lipinski definition) is 2. The van der Waals surface area contributed by atoms with Crippen LogP contribution in [-0.2, 0) is 0 Å². The summed E-state index contributed by atoms with van der Waals surface area (Å²) in [6, 6.07) is 10.2. The Morgan fingerprint density at radius 2 is 1.84 bits per heavy atom. The third kappa shape index (κ3) is 3.49. The molecule has 0 radical (unpaired) electrons. The molecule has 0 atom stereocenters. The Balaban J connectivity index is 2.25. The van der Waals surface area contributed by atoms with Gasteiger partial charge in [0.25, 0.3) is 5.91 Å². The number of nitrogen functional groups attached to an aromatic ring is 1. The minimum atomic E-state index is -0.228. The number of carbonyl (C=O) groups is 1. The second-order valence-electron chi connectivity index (χ2n) is 3.82. The molecule has 0 saturated heterocycles. The topological polar surface area (TPSA) is 55.1 Å². The second-order valence-corrected chi connectivity index (χ2v) is 5.96. The average molecular weight is 404 g/mol. The molecule has 2 aromatic carbocycles. The Kier molecular flexibility index (Phi) is 4.50. The van der Waals surface area contributed by atoms with Crippen molar-refractivity contribution in [2.45, 2.75) is 0 Å². The molecule has 0 aliphatic rings. The van der Waals surface area contributed by atoms with Crippen molar-refractivity contribution in [1.29, 1.82) is 0 Å². The lowest BCUT2D eigenvalue weighted by atomic mass is 10.2. The molecule has 6 heteroatoms. The Labute approximate surface area is 132 Å². The molecule has 0 aromatic heterocycles. The quantitative estimate of drug-likeness (QED) is 0.713. The molecule has 2 rings (SSSR count). The summed E-state index contributed by atoms with van der Waals surface area (Å²) in [4.78, 5) is 12.1. The van der Waals surface area contributed by atoms with Gasteiger partial charge in [-0.2, -0.15) is 0 Å². The fraction of sp³-hybridized carbons (Fsp3) is 0. The van der Waals surface area contributed by atoms with Crippen molar-refractivity contribution in [2.24, 2.45) is 0 Å². The van der Waals surface area contributed by atoms with Gasteiger partial charge < -0.3 is 11.1 Å². The van der Waals surface area contributed by atoms with Crippen LogP contribution < -0.4 is 11.1 Å². The van der Waals surface area contributed by atoms with Crippen LogP contribution >= 0.6 is 43.5 Å². The minimum Gasteiger partial charge on any atom is -0.399 e. The molecule has 0 saturated carbocycles. The van der Waals surface area contributed by atoms with Crippen LogP contribution in [0, 0.1) is 0 Å². The molecule has 0 spiro atoms. The molecule has 0 heterocycles. The molecule has 2 aromatic rings. The third-order valence-electron chi connectivity index (χ3n) is 2.42. The predicted octanol–water partition coefficient (Wildman–Crippen LogP) is 4.70. The number of carbonyl (C=O) groups excluding carboxylic acids is 1. The smallest absolute Gasteiger partial charge is 0.256 e. The van der Waals surface area contributed by atoms with Crippen LogP contribution in [0.1, 0.15) is 10.4 Å². The number of rotatable bonds is 2. The summed E-state index contributed by atoms with van der Waals surface area (Å²) >= 11 is 12.5. The molecule has 0 aliphatic carbocycles. The third-order valence-corrected chi connectivity index (χ3v) is 3.96. The molecule has 19 heavy (non-hydrogen) atoms. The Morgan fingerprint density at radius 1 is 1.11 bits per heavy atom. The van der Waals surface area contributed by atoms with Crippen LogP contribution in [0.5, 0.6) is 0 Å². The number of benzene rings is 2. The van der Waals surface area contributed by atoms with Gasteiger partial charge in [-0.25, -0.2) is 0 Å². The van der Waals surface area contributed by atoms with E-state index in [0.29, 0.717) is 26.4 Å². The van der Waals surface area contributed by atoms with Crippen LogP contribution in [0.3, 0.4) is 0 Å². The average Bonchev–Trinajstić information content (AvgIpc) is 2.32. The first-order valence-electron chi connectivity index (χ1n) is 5.29. The number of nitrogens with one attached hydrogen (secondary N) is 1. The van der Waals surface area contributed by atoms with Crippen LogP contribution in [-0.4, -0.2) is 5.91 Å². The van der Waals surface area contributed by atoms with Crippen LogP contribution in [0.15, 0.2) is 45.3 Å². The summed E-state index contributed by atoms with van der Waals surface area (Å²) in [5.74, 6) is -0.228. The molecule has 0 fully saturated rings. The van der Waals surface area contributed by atoms with Gasteiger partial charge in [-0.05, 0) is 68.3 Å². The maximum atomic E-state index is 12.1. The van der Waals surface area contributed by atoms with Crippen LogP contribution in [0.25, 0.3) is 0 Å². The lowest BCUT2D eigenvalue weighted by Crippen LogP contribution is -2.13. The maximum absolute atomic E-state index is 12.1. The second kappa shape index (κ2) is 5.94. The van der Waals surface area contributed by atoms with E-state index in [1.54, 1.807) is 36.4 Å². The van der Waals surface area contributed by atoms with E-state index >= 15 is 0 Å². The molecule has 0 aliphatic heterocycles. The van der Waals surface area contributed by atoms with Crippen molar-refractivity contribution in [2.75, 3.05) is 11.1 Å². The number of halogens is 3. The van der Waals surface area contributed by atoms with Gasteiger partial charge in [0.05, 0.1) is 11.3 Å². The zero-order chi connectivity index (χ0) is 14.0. The monoisotopic (exact) mass is 402 g/mol. The van der Waals surface area contributed by atoms with Gasteiger partial charge in [0, 0.05) is 19.7 Å². The number of anilines is 2. The molecule has 3 N–H and O–H groups in total. The molecular weight excluding hydrogens is 395 g/mol. The highest BCUT2D eigenvalue weighted by Crippen LogP contribution is 2.27. The lowest BCUT2D eigenvalue weighted by molar-refractivity contribution is 0.102. The van der Waals surface area contributed by atoms with Gasteiger partial charge in [-0.3, -0.25) is 4.79 Å². The first-order valence-corrected chi connectivity index (χ1v) is 7.25. The molecule has 98 valence electrons. The highest BCUT2D eigenvalue weighted by atomic mass is 79.9. The molecule has 0 unspecified atom stereocenters. The van der Waals surface area contributed by atoms with E-state index in [0.717, 1.165) is 4.47 Å². The highest BCUT2D eigenvalue weighted by Gasteiger charge is 2.12. The maximum Gasteiger partial charge on any atom is 0.256 e. The summed E-state index contributed by atoms with van der Waals surface area (Å²) in [7, 11) is 0. The van der Waals surface area contributed by atoms with Crippen LogP contribution in [0.2, 0.25) is 5.02 Å². The van der Waals surface area contributed by atoms with E-state index in [9.17, 15) is 4.79 Å². The van der Waals surface area contributed by atoms with Crippen LogP contribution in [0.4, 0.5) is 11.4 Å². The summed E-state index contributed by atoms with van der Waals surface area (Å²) in [5.41, 5.74) is 7.43. The van der Waals surface area contributed by atoms with E-state index in [-0.39, 0.29) is 5.91 Å². The lowest BCUT2D eigenvalue weighted by Gasteiger charge is -2.09. The molecular formula is C13H9Br2ClN2O. The Hall–Kier alpha value is -1.04. The van der Waals surface area contributed by atoms with Crippen molar-refractivity contribution < 1.29 is 4.79 Å². The normalized spacial score (nSPS) is 10.3. The van der Waals surface area contributed by atoms with E-state index in [2.05, 4.69) is 37.2 Å². The Bertz CT molecular complexity index is 647. The van der Waals surface area contributed by atoms with Gasteiger partial charge in [-0.1, -0.05) is 11.6 Å². The first kappa shape index (κ1) is 14.4. The summed E-state index contributed by atoms with van der Waals surface area (Å²) in [6.07, 6.45) is 0. The summed E-state index contributed by atoms with van der Waals surface area (Å²) in [5, 5.41) is 3.37.